The minimum atomic E-state index is -3.50. The Labute approximate surface area is 161 Å². The summed E-state index contributed by atoms with van der Waals surface area (Å²) in [5, 5.41) is 2.85. The summed E-state index contributed by atoms with van der Waals surface area (Å²) in [6, 6.07) is 14.0. The molecule has 0 heterocycles. The number of nitrogen functional groups attached to an aromatic ring is 1. The molecule has 6 nitrogen and oxygen atoms in total. The van der Waals surface area contributed by atoms with Crippen LogP contribution in [0, 0.1) is 0 Å². The van der Waals surface area contributed by atoms with Crippen LogP contribution in [0.5, 0.6) is 0 Å². The van der Waals surface area contributed by atoms with Gasteiger partial charge in [0.05, 0.1) is 4.90 Å². The number of nitrogens with one attached hydrogen (secondary N) is 1. The van der Waals surface area contributed by atoms with Crippen LogP contribution >= 0.6 is 0 Å². The van der Waals surface area contributed by atoms with E-state index in [2.05, 4.69) is 5.32 Å². The molecule has 0 unspecified atom stereocenters. The van der Waals surface area contributed by atoms with E-state index in [0.29, 0.717) is 25.1 Å². The maximum Gasteiger partial charge on any atom is 0.243 e. The number of carbonyl (C=O) groups is 1. The van der Waals surface area contributed by atoms with Crippen molar-refractivity contribution >= 4 is 21.6 Å². The molecule has 0 spiro atoms. The van der Waals surface area contributed by atoms with E-state index >= 15 is 0 Å². The minimum absolute atomic E-state index is 0.0745. The fourth-order valence-corrected chi connectivity index (χ4v) is 3.89. The van der Waals surface area contributed by atoms with E-state index in [0.717, 1.165) is 11.1 Å². The Morgan fingerprint density at radius 1 is 1.11 bits per heavy atom. The lowest BCUT2D eigenvalue weighted by molar-refractivity contribution is -0.121. The quantitative estimate of drug-likeness (QED) is 0.679. The summed E-state index contributed by atoms with van der Waals surface area (Å²) in [6.07, 6.45) is 0.928. The van der Waals surface area contributed by atoms with E-state index in [-0.39, 0.29) is 16.8 Å². The number of nitrogens with two attached hydrogens (primary N) is 1. The number of anilines is 1. The van der Waals surface area contributed by atoms with Gasteiger partial charge in [-0.1, -0.05) is 30.3 Å². The Balaban J connectivity index is 1.89. The van der Waals surface area contributed by atoms with Gasteiger partial charge >= 0.3 is 0 Å². The number of benzene rings is 2. The molecule has 3 N–H and O–H groups in total. The van der Waals surface area contributed by atoms with E-state index in [1.165, 1.54) is 4.31 Å². The maximum absolute atomic E-state index is 12.4. The van der Waals surface area contributed by atoms with E-state index in [4.69, 9.17) is 5.73 Å². The number of amides is 1. The highest BCUT2D eigenvalue weighted by molar-refractivity contribution is 7.89. The topological polar surface area (TPSA) is 92.5 Å². The van der Waals surface area contributed by atoms with Gasteiger partial charge in [0.25, 0.3) is 0 Å². The lowest BCUT2D eigenvalue weighted by atomic mass is 10.1. The van der Waals surface area contributed by atoms with Gasteiger partial charge in [-0.05, 0) is 49.6 Å². The third kappa shape index (κ3) is 5.55. The van der Waals surface area contributed by atoms with Gasteiger partial charge in [0.2, 0.25) is 15.9 Å². The monoisotopic (exact) mass is 389 g/mol. The molecule has 2 aromatic rings. The fraction of sp³-hybridized carbons (Fsp3) is 0.350. The molecule has 146 valence electrons. The zero-order valence-electron chi connectivity index (χ0n) is 16.0. The first-order valence-electron chi connectivity index (χ1n) is 8.89. The molecule has 0 bridgehead atoms. The van der Waals surface area contributed by atoms with Crippen LogP contribution in [-0.4, -0.2) is 31.7 Å². The number of hydrogen-bond acceptors (Lipinski definition) is 4. The minimum Gasteiger partial charge on any atom is -0.399 e. The van der Waals surface area contributed by atoms with Gasteiger partial charge in [0, 0.05) is 31.7 Å². The molecule has 0 aliphatic heterocycles. The van der Waals surface area contributed by atoms with Crippen molar-refractivity contribution in [3.05, 3.63) is 59.7 Å². The molecule has 0 fully saturated rings. The average molecular weight is 390 g/mol. The number of sulfonamides is 1. The van der Waals surface area contributed by atoms with E-state index in [1.807, 2.05) is 38.1 Å². The number of aryl methyl sites for hydroxylation is 1. The van der Waals surface area contributed by atoms with Gasteiger partial charge < -0.3 is 11.1 Å². The van der Waals surface area contributed by atoms with Crippen LogP contribution in [0.25, 0.3) is 0 Å². The molecular weight excluding hydrogens is 362 g/mol. The third-order valence-electron chi connectivity index (χ3n) is 4.49. The van der Waals surface area contributed by atoms with Crippen molar-refractivity contribution in [2.75, 3.05) is 12.8 Å². The van der Waals surface area contributed by atoms with Gasteiger partial charge in [-0.15, -0.1) is 0 Å². The molecular formula is C20H27N3O3S. The smallest absolute Gasteiger partial charge is 0.243 e. The van der Waals surface area contributed by atoms with Crippen molar-refractivity contribution in [1.29, 1.82) is 0 Å². The molecule has 0 radical (unpaired) electrons. The van der Waals surface area contributed by atoms with Crippen molar-refractivity contribution in [2.45, 2.75) is 44.2 Å². The molecule has 7 heteroatoms. The number of hydrogen-bond donors (Lipinski definition) is 2. The summed E-state index contributed by atoms with van der Waals surface area (Å²) in [5.74, 6) is -0.0745. The Morgan fingerprint density at radius 3 is 2.33 bits per heavy atom. The summed E-state index contributed by atoms with van der Waals surface area (Å²) in [5.41, 5.74) is 8.36. The van der Waals surface area contributed by atoms with Crippen molar-refractivity contribution in [3.63, 3.8) is 0 Å². The standard InChI is InChI=1S/C20H27N3O3S/c1-15(2)23(3)27(25,26)18-11-8-16(9-12-18)14-22-20(24)13-10-17-6-4-5-7-19(17)21/h4-9,11-12,15H,10,13-14,21H2,1-3H3,(H,22,24). The Hall–Kier alpha value is -2.38. The predicted octanol–water partition coefficient (Wildman–Crippen LogP) is 2.55. The molecule has 0 saturated heterocycles. The average Bonchev–Trinajstić information content (AvgIpc) is 2.65. The highest BCUT2D eigenvalue weighted by atomic mass is 32.2. The Morgan fingerprint density at radius 2 is 1.74 bits per heavy atom. The SMILES string of the molecule is CC(C)N(C)S(=O)(=O)c1ccc(CNC(=O)CCc2ccccc2N)cc1. The molecule has 2 rings (SSSR count). The van der Waals surface area contributed by atoms with Crippen LogP contribution in [0.2, 0.25) is 0 Å². The summed E-state index contributed by atoms with van der Waals surface area (Å²) >= 11 is 0. The molecule has 0 aliphatic rings. The highest BCUT2D eigenvalue weighted by Crippen LogP contribution is 2.17. The van der Waals surface area contributed by atoms with E-state index in [1.54, 1.807) is 31.3 Å². The van der Waals surface area contributed by atoms with E-state index in [9.17, 15) is 13.2 Å². The second kappa shape index (κ2) is 9.01. The molecule has 0 atom stereocenters. The second-order valence-electron chi connectivity index (χ2n) is 6.73. The number of rotatable bonds is 8. The predicted molar refractivity (Wildman–Crippen MR) is 108 cm³/mol. The van der Waals surface area contributed by atoms with Crippen molar-refractivity contribution in [3.8, 4) is 0 Å². The zero-order chi connectivity index (χ0) is 20.0. The zero-order valence-corrected chi connectivity index (χ0v) is 16.8. The normalized spacial score (nSPS) is 11.7. The summed E-state index contributed by atoms with van der Waals surface area (Å²) in [7, 11) is -1.93. The molecule has 0 saturated carbocycles. The molecule has 0 aliphatic carbocycles. The van der Waals surface area contributed by atoms with Crippen molar-refractivity contribution in [2.24, 2.45) is 0 Å². The highest BCUT2D eigenvalue weighted by Gasteiger charge is 2.22. The van der Waals surface area contributed by atoms with Crippen molar-refractivity contribution < 1.29 is 13.2 Å². The van der Waals surface area contributed by atoms with Crippen LogP contribution < -0.4 is 11.1 Å². The van der Waals surface area contributed by atoms with Gasteiger partial charge in [-0.2, -0.15) is 4.31 Å². The summed E-state index contributed by atoms with van der Waals surface area (Å²) in [6.45, 7) is 4.00. The van der Waals surface area contributed by atoms with Crippen LogP contribution in [0.4, 0.5) is 5.69 Å². The fourth-order valence-electron chi connectivity index (χ4n) is 2.52. The van der Waals surface area contributed by atoms with Gasteiger partial charge in [0.1, 0.15) is 0 Å². The van der Waals surface area contributed by atoms with E-state index < -0.39 is 10.0 Å². The van der Waals surface area contributed by atoms with Crippen molar-refractivity contribution in [1.82, 2.24) is 9.62 Å². The second-order valence-corrected chi connectivity index (χ2v) is 8.73. The summed E-state index contributed by atoms with van der Waals surface area (Å²) < 4.78 is 26.2. The number of nitrogens with zero attached hydrogens (tertiary/aromatic N) is 1. The van der Waals surface area contributed by atoms with Gasteiger partial charge in [-0.25, -0.2) is 8.42 Å². The lowest BCUT2D eigenvalue weighted by Crippen LogP contribution is -2.33. The molecule has 27 heavy (non-hydrogen) atoms. The van der Waals surface area contributed by atoms with Gasteiger partial charge in [-0.3, -0.25) is 4.79 Å². The van der Waals surface area contributed by atoms with Crippen LogP contribution in [-0.2, 0) is 27.8 Å². The first-order chi connectivity index (χ1) is 12.7. The maximum atomic E-state index is 12.4. The molecule has 2 aromatic carbocycles. The Kier molecular flexibility index (Phi) is 6.98. The van der Waals surface area contributed by atoms with Gasteiger partial charge in [0.15, 0.2) is 0 Å². The number of carbonyl (C=O) groups excluding carboxylic acids is 1. The third-order valence-corrected chi connectivity index (χ3v) is 6.54. The molecule has 1 amide bonds. The first kappa shape index (κ1) is 20.9. The number of para-hydroxylation sites is 1. The Bertz CT molecular complexity index is 878. The molecule has 0 aromatic heterocycles. The summed E-state index contributed by atoms with van der Waals surface area (Å²) in [4.78, 5) is 12.3. The van der Waals surface area contributed by atoms with Crippen LogP contribution in [0.1, 0.15) is 31.4 Å². The largest absolute Gasteiger partial charge is 0.399 e. The lowest BCUT2D eigenvalue weighted by Gasteiger charge is -2.21. The van der Waals surface area contributed by atoms with Crippen LogP contribution in [0.15, 0.2) is 53.4 Å². The first-order valence-corrected chi connectivity index (χ1v) is 10.3. The van der Waals surface area contributed by atoms with Crippen LogP contribution in [0.3, 0.4) is 0 Å².